The molecule has 4 fully saturated rings. The van der Waals surface area contributed by atoms with E-state index in [1.165, 1.54) is 24.8 Å². The maximum absolute atomic E-state index is 12.4. The van der Waals surface area contributed by atoms with Crippen molar-refractivity contribution in [3.8, 4) is 0 Å². The SMILES string of the molecule is O=C1OC2(c3ccccc3)C3CCCC2[C]13[Hg][Br]. The van der Waals surface area contributed by atoms with E-state index in [-0.39, 0.29) is 14.5 Å². The molecule has 0 N–H and O–H groups in total. The predicted molar refractivity (Wildman–Crippen MR) is 66.7 cm³/mol. The van der Waals surface area contributed by atoms with E-state index >= 15 is 0 Å². The predicted octanol–water partition coefficient (Wildman–Crippen LogP) is 3.42. The number of benzene rings is 1. The van der Waals surface area contributed by atoms with Gasteiger partial charge in [0.2, 0.25) is 0 Å². The second-order valence-electron chi connectivity index (χ2n) is 5.76. The average molecular weight is 494 g/mol. The first-order valence-corrected chi connectivity index (χ1v) is 21.3. The molecule has 4 bridgehead atoms. The average Bonchev–Trinajstić information content (AvgIpc) is 2.87. The Balaban J connectivity index is 1.88. The molecule has 2 saturated heterocycles. The molecule has 4 aliphatic rings. The van der Waals surface area contributed by atoms with Crippen LogP contribution in [0.15, 0.2) is 30.3 Å². The first-order chi connectivity index (χ1) is 8.76. The Morgan fingerprint density at radius 1 is 1.22 bits per heavy atom. The van der Waals surface area contributed by atoms with Gasteiger partial charge in [0.15, 0.2) is 0 Å². The number of esters is 1. The van der Waals surface area contributed by atoms with Crippen molar-refractivity contribution >= 4 is 17.9 Å². The van der Waals surface area contributed by atoms with E-state index in [0.717, 1.165) is 0 Å². The van der Waals surface area contributed by atoms with Crippen molar-refractivity contribution in [3.63, 3.8) is 0 Å². The third kappa shape index (κ3) is 1.09. The first-order valence-electron chi connectivity index (χ1n) is 6.62. The van der Waals surface area contributed by atoms with Crippen LogP contribution in [0.3, 0.4) is 0 Å². The molecule has 5 rings (SSSR count). The molecular weight excluding hydrogens is 481 g/mol. The van der Waals surface area contributed by atoms with Crippen LogP contribution in [-0.4, -0.2) is 5.97 Å². The number of halogens is 1. The van der Waals surface area contributed by atoms with Gasteiger partial charge >= 0.3 is 125 Å². The van der Waals surface area contributed by atoms with E-state index < -0.39 is 22.1 Å². The molecule has 2 nitrogen and oxygen atoms in total. The Kier molecular flexibility index (Phi) is 2.52. The Labute approximate surface area is 124 Å². The minimum atomic E-state index is -1.33. The molecule has 1 aromatic carbocycles. The van der Waals surface area contributed by atoms with Gasteiger partial charge in [0.05, 0.1) is 0 Å². The van der Waals surface area contributed by atoms with E-state index in [1.54, 1.807) is 0 Å². The summed E-state index contributed by atoms with van der Waals surface area (Å²) in [5.74, 6) is 1.07. The Hall–Kier alpha value is 0.105. The molecule has 0 spiro atoms. The fourth-order valence-corrected chi connectivity index (χ4v) is 19.7. The summed E-state index contributed by atoms with van der Waals surface area (Å²) in [5.41, 5.74) is 0.986. The van der Waals surface area contributed by atoms with Crippen LogP contribution in [0.5, 0.6) is 0 Å². The number of fused-ring (bicyclic) bond motifs is 1. The molecule has 2 aliphatic carbocycles. The van der Waals surface area contributed by atoms with Gasteiger partial charge in [-0.2, -0.15) is 0 Å². The van der Waals surface area contributed by atoms with Crippen molar-refractivity contribution in [2.24, 2.45) is 11.8 Å². The van der Waals surface area contributed by atoms with Crippen LogP contribution in [0.1, 0.15) is 24.8 Å². The van der Waals surface area contributed by atoms with Gasteiger partial charge in [0, 0.05) is 0 Å². The third-order valence-electron chi connectivity index (χ3n) is 5.35. The molecule has 0 aromatic heterocycles. The summed E-state index contributed by atoms with van der Waals surface area (Å²) in [4.78, 5) is 12.4. The van der Waals surface area contributed by atoms with Crippen molar-refractivity contribution in [2.75, 3.05) is 0 Å². The second kappa shape index (κ2) is 3.81. The van der Waals surface area contributed by atoms with Crippen molar-refractivity contribution in [2.45, 2.75) is 27.8 Å². The summed E-state index contributed by atoms with van der Waals surface area (Å²) in [6, 6.07) is 10.4. The maximum atomic E-state index is 12.4. The van der Waals surface area contributed by atoms with Crippen molar-refractivity contribution in [3.05, 3.63) is 35.9 Å². The van der Waals surface area contributed by atoms with Crippen molar-refractivity contribution in [1.82, 2.24) is 0 Å². The number of ether oxygens (including phenoxy) is 1. The Morgan fingerprint density at radius 3 is 2.50 bits per heavy atom. The molecule has 0 radical (unpaired) electrons. The molecule has 2 saturated carbocycles. The molecule has 2 aliphatic heterocycles. The van der Waals surface area contributed by atoms with Crippen LogP contribution >= 0.6 is 11.9 Å². The Morgan fingerprint density at radius 2 is 1.89 bits per heavy atom. The molecule has 4 heteroatoms. The molecule has 1 aromatic rings. The van der Waals surface area contributed by atoms with Gasteiger partial charge in [0.25, 0.3) is 0 Å². The number of rotatable bonds is 2. The number of hydrogen-bond donors (Lipinski definition) is 0. The van der Waals surface area contributed by atoms with E-state index in [9.17, 15) is 4.79 Å². The van der Waals surface area contributed by atoms with Crippen LogP contribution < -0.4 is 0 Å². The fraction of sp³-hybridized carbons (Fsp3) is 0.500. The zero-order valence-electron chi connectivity index (χ0n) is 10.1. The van der Waals surface area contributed by atoms with Crippen molar-refractivity contribution in [1.29, 1.82) is 0 Å². The van der Waals surface area contributed by atoms with Gasteiger partial charge in [-0.05, 0) is 0 Å². The monoisotopic (exact) mass is 494 g/mol. The van der Waals surface area contributed by atoms with Crippen LogP contribution in [0, 0.1) is 11.8 Å². The van der Waals surface area contributed by atoms with Crippen LogP contribution in [-0.2, 0) is 37.3 Å². The van der Waals surface area contributed by atoms with Crippen LogP contribution in [0.4, 0.5) is 0 Å². The normalized spacial score (nSPS) is 43.9. The topological polar surface area (TPSA) is 26.3 Å². The zero-order chi connectivity index (χ0) is 12.4. The molecule has 2 unspecified atom stereocenters. The summed E-state index contributed by atoms with van der Waals surface area (Å²) in [5, 5.41) is 0. The minimum absolute atomic E-state index is 0.00586. The molecule has 2 atom stereocenters. The summed E-state index contributed by atoms with van der Waals surface area (Å²) >= 11 is 2.46. The molecule has 90 valence electrons. The Bertz CT molecular complexity index is 504. The number of hydrogen-bond acceptors (Lipinski definition) is 2. The van der Waals surface area contributed by atoms with Gasteiger partial charge in [0.1, 0.15) is 0 Å². The van der Waals surface area contributed by atoms with E-state index in [0.29, 0.717) is 11.8 Å². The van der Waals surface area contributed by atoms with E-state index in [1.807, 2.05) is 6.07 Å². The van der Waals surface area contributed by atoms with Crippen molar-refractivity contribution < 1.29 is 31.7 Å². The summed E-state index contributed by atoms with van der Waals surface area (Å²) in [6.45, 7) is 0. The van der Waals surface area contributed by atoms with Gasteiger partial charge in [-0.15, -0.1) is 0 Å². The van der Waals surface area contributed by atoms with E-state index in [2.05, 4.69) is 36.2 Å². The number of carbonyl (C=O) groups excluding carboxylic acids is 1. The summed E-state index contributed by atoms with van der Waals surface area (Å²) < 4.78 is 5.95. The molecular formula is C14H13BrHgO2. The van der Waals surface area contributed by atoms with Crippen LogP contribution in [0.2, 0.25) is 2.92 Å². The first kappa shape index (κ1) is 11.9. The van der Waals surface area contributed by atoms with Gasteiger partial charge < -0.3 is 0 Å². The molecule has 0 amide bonds. The summed E-state index contributed by atoms with van der Waals surface area (Å²) in [6.07, 6.45) is 3.61. The van der Waals surface area contributed by atoms with Crippen LogP contribution in [0.25, 0.3) is 0 Å². The number of carbonyl (C=O) groups is 1. The quantitative estimate of drug-likeness (QED) is 0.466. The van der Waals surface area contributed by atoms with Gasteiger partial charge in [-0.25, -0.2) is 0 Å². The second-order valence-corrected chi connectivity index (χ2v) is 16.3. The molecule has 18 heavy (non-hydrogen) atoms. The molecule has 2 heterocycles. The zero-order valence-corrected chi connectivity index (χ0v) is 17.1. The van der Waals surface area contributed by atoms with Gasteiger partial charge in [-0.1, -0.05) is 0 Å². The standard InChI is InChI=1S/C14H13O2.BrH.Hg/c15-13-12-10-7-4-8-11(12)14(10,16-13)9-5-2-1-3-6-9;;/h1-3,5-6,10-11H,4,7-8H2;1H;/q;;+1/p-1. The van der Waals surface area contributed by atoms with E-state index in [4.69, 9.17) is 4.74 Å². The third-order valence-corrected chi connectivity index (χ3v) is 20.2. The summed E-state index contributed by atoms with van der Waals surface area (Å²) in [7, 11) is 0. The van der Waals surface area contributed by atoms with Gasteiger partial charge in [-0.3, -0.25) is 0 Å². The fourth-order valence-electron chi connectivity index (χ4n) is 4.70.